The van der Waals surface area contributed by atoms with Gasteiger partial charge < -0.3 is 10.8 Å². The molecule has 0 fully saturated rings. The highest BCUT2D eigenvalue weighted by molar-refractivity contribution is 7.80. The van der Waals surface area contributed by atoms with Crippen molar-refractivity contribution in [3.05, 3.63) is 0 Å². The molecule has 0 amide bonds. The van der Waals surface area contributed by atoms with E-state index in [4.69, 9.17) is 23.1 Å². The highest BCUT2D eigenvalue weighted by atomic mass is 32.1. The minimum Gasteiger partial charge on any atom is -0.393 e. The Morgan fingerprint density at radius 3 is 2.46 bits per heavy atom. The van der Waals surface area contributed by atoms with E-state index in [1.54, 1.807) is 6.92 Å². The molecule has 2 atom stereocenters. The third-order valence-corrected chi connectivity index (χ3v) is 2.42. The van der Waals surface area contributed by atoms with Crippen LogP contribution in [0.25, 0.3) is 0 Å². The van der Waals surface area contributed by atoms with Gasteiger partial charge in [-0.1, -0.05) is 19.1 Å². The molecule has 0 aromatic heterocycles. The predicted octanol–water partition coefficient (Wildman–Crippen LogP) is 0.754. The van der Waals surface area contributed by atoms with Crippen molar-refractivity contribution in [2.45, 2.75) is 38.8 Å². The molecule has 0 aliphatic carbocycles. The molecule has 2 unspecified atom stereocenters. The van der Waals surface area contributed by atoms with Gasteiger partial charge in [-0.15, -0.1) is 0 Å². The molecule has 0 aliphatic heterocycles. The molecule has 0 saturated heterocycles. The number of aliphatic hydroxyl groups is 1. The van der Waals surface area contributed by atoms with E-state index in [-0.39, 0.29) is 12.1 Å². The van der Waals surface area contributed by atoms with Crippen molar-refractivity contribution in [2.75, 3.05) is 13.6 Å². The standard InChI is InChI=1S/C9H20N2OS/c1-4-8(9(10)13)11(3)6-5-7(2)12/h7-8,12H,4-6H2,1-3H3,(H2,10,13). The van der Waals surface area contributed by atoms with Gasteiger partial charge in [0.05, 0.1) is 17.1 Å². The molecule has 4 heteroatoms. The molecule has 0 aliphatic rings. The molecule has 0 spiro atoms. The Labute approximate surface area is 85.9 Å². The van der Waals surface area contributed by atoms with Crippen molar-refractivity contribution < 1.29 is 5.11 Å². The molecule has 0 rings (SSSR count). The lowest BCUT2D eigenvalue weighted by molar-refractivity contribution is 0.159. The second-order valence-electron chi connectivity index (χ2n) is 3.44. The molecule has 0 aromatic rings. The van der Waals surface area contributed by atoms with Gasteiger partial charge in [0.1, 0.15) is 0 Å². The third-order valence-electron chi connectivity index (χ3n) is 2.15. The largest absolute Gasteiger partial charge is 0.393 e. The van der Waals surface area contributed by atoms with Crippen LogP contribution in [0.4, 0.5) is 0 Å². The molecule has 0 radical (unpaired) electrons. The minimum atomic E-state index is -0.258. The lowest BCUT2D eigenvalue weighted by atomic mass is 10.2. The number of nitrogens with two attached hydrogens (primary N) is 1. The first-order valence-corrected chi connectivity index (χ1v) is 5.07. The Morgan fingerprint density at radius 1 is 1.62 bits per heavy atom. The number of rotatable bonds is 6. The molecule has 3 N–H and O–H groups in total. The molecule has 0 saturated carbocycles. The summed E-state index contributed by atoms with van der Waals surface area (Å²) in [6, 6.07) is 0.161. The van der Waals surface area contributed by atoms with Gasteiger partial charge in [0.2, 0.25) is 0 Å². The van der Waals surface area contributed by atoms with Gasteiger partial charge in [0.25, 0.3) is 0 Å². The maximum atomic E-state index is 9.10. The number of hydrogen-bond acceptors (Lipinski definition) is 3. The van der Waals surface area contributed by atoms with Crippen molar-refractivity contribution in [2.24, 2.45) is 5.73 Å². The summed E-state index contributed by atoms with van der Waals surface area (Å²) in [6.45, 7) is 4.67. The van der Waals surface area contributed by atoms with Crippen LogP contribution >= 0.6 is 12.2 Å². The molecular formula is C9H20N2OS. The van der Waals surface area contributed by atoms with Gasteiger partial charge in [0.15, 0.2) is 0 Å². The molecule has 0 bridgehead atoms. The molecule has 3 nitrogen and oxygen atoms in total. The van der Waals surface area contributed by atoms with E-state index in [0.29, 0.717) is 4.99 Å². The van der Waals surface area contributed by atoms with E-state index in [1.807, 2.05) is 7.05 Å². The lowest BCUT2D eigenvalue weighted by Gasteiger charge is -2.26. The summed E-state index contributed by atoms with van der Waals surface area (Å²) in [7, 11) is 1.98. The zero-order valence-electron chi connectivity index (χ0n) is 8.66. The van der Waals surface area contributed by atoms with E-state index < -0.39 is 0 Å². The van der Waals surface area contributed by atoms with Crippen LogP contribution in [0, 0.1) is 0 Å². The minimum absolute atomic E-state index is 0.161. The Balaban J connectivity index is 3.91. The number of nitrogens with zero attached hydrogens (tertiary/aromatic N) is 1. The van der Waals surface area contributed by atoms with Crippen LogP contribution in [0.1, 0.15) is 26.7 Å². The summed E-state index contributed by atoms with van der Waals surface area (Å²) < 4.78 is 0. The number of likely N-dealkylation sites (N-methyl/N-ethyl adjacent to an activating group) is 1. The zero-order chi connectivity index (χ0) is 10.4. The van der Waals surface area contributed by atoms with Crippen molar-refractivity contribution in [1.29, 1.82) is 0 Å². The smallest absolute Gasteiger partial charge is 0.0901 e. The summed E-state index contributed by atoms with van der Waals surface area (Å²) >= 11 is 4.95. The van der Waals surface area contributed by atoms with Gasteiger partial charge in [0, 0.05) is 6.54 Å². The van der Waals surface area contributed by atoms with Crippen LogP contribution in [-0.2, 0) is 0 Å². The van der Waals surface area contributed by atoms with Gasteiger partial charge in [-0.3, -0.25) is 4.90 Å². The van der Waals surface area contributed by atoms with E-state index in [1.165, 1.54) is 0 Å². The summed E-state index contributed by atoms with van der Waals surface area (Å²) in [5.41, 5.74) is 5.58. The SMILES string of the molecule is CCC(C(N)=S)N(C)CCC(C)O. The Hall–Kier alpha value is -0.190. The van der Waals surface area contributed by atoms with E-state index in [2.05, 4.69) is 11.8 Å². The fourth-order valence-corrected chi connectivity index (χ4v) is 1.62. The normalized spacial score (nSPS) is 15.8. The molecule has 0 heterocycles. The average molecular weight is 204 g/mol. The quantitative estimate of drug-likeness (QED) is 0.627. The van der Waals surface area contributed by atoms with E-state index in [0.717, 1.165) is 19.4 Å². The summed E-state index contributed by atoms with van der Waals surface area (Å²) in [5.74, 6) is 0. The first-order chi connectivity index (χ1) is 5.99. The Morgan fingerprint density at radius 2 is 2.15 bits per heavy atom. The Bertz CT molecular complexity index is 162. The van der Waals surface area contributed by atoms with Crippen LogP contribution in [0.5, 0.6) is 0 Å². The van der Waals surface area contributed by atoms with E-state index >= 15 is 0 Å². The van der Waals surface area contributed by atoms with Crippen LogP contribution in [-0.4, -0.2) is 40.7 Å². The number of thiocarbonyl (C=S) groups is 1. The van der Waals surface area contributed by atoms with Crippen molar-refractivity contribution in [3.63, 3.8) is 0 Å². The van der Waals surface area contributed by atoms with E-state index in [9.17, 15) is 0 Å². The van der Waals surface area contributed by atoms with Crippen LogP contribution in [0.15, 0.2) is 0 Å². The third kappa shape index (κ3) is 5.18. The molecule has 13 heavy (non-hydrogen) atoms. The highest BCUT2D eigenvalue weighted by Crippen LogP contribution is 2.04. The zero-order valence-corrected chi connectivity index (χ0v) is 9.47. The van der Waals surface area contributed by atoms with Crippen LogP contribution in [0.2, 0.25) is 0 Å². The fraction of sp³-hybridized carbons (Fsp3) is 0.889. The predicted molar refractivity (Wildman–Crippen MR) is 59.8 cm³/mol. The number of hydrogen-bond donors (Lipinski definition) is 2. The van der Waals surface area contributed by atoms with Gasteiger partial charge in [-0.2, -0.15) is 0 Å². The molecule has 0 aromatic carbocycles. The Kier molecular flexibility index (Phi) is 6.20. The second kappa shape index (κ2) is 6.29. The molecular weight excluding hydrogens is 184 g/mol. The van der Waals surface area contributed by atoms with Crippen molar-refractivity contribution >= 4 is 17.2 Å². The lowest BCUT2D eigenvalue weighted by Crippen LogP contribution is -2.42. The van der Waals surface area contributed by atoms with Gasteiger partial charge in [-0.25, -0.2) is 0 Å². The molecule has 78 valence electrons. The maximum Gasteiger partial charge on any atom is 0.0901 e. The van der Waals surface area contributed by atoms with Crippen LogP contribution < -0.4 is 5.73 Å². The monoisotopic (exact) mass is 204 g/mol. The average Bonchev–Trinajstić information content (AvgIpc) is 2.01. The van der Waals surface area contributed by atoms with Gasteiger partial charge >= 0.3 is 0 Å². The topological polar surface area (TPSA) is 49.5 Å². The summed E-state index contributed by atoms with van der Waals surface area (Å²) in [4.78, 5) is 2.63. The highest BCUT2D eigenvalue weighted by Gasteiger charge is 2.15. The maximum absolute atomic E-state index is 9.10. The fourth-order valence-electron chi connectivity index (χ4n) is 1.28. The van der Waals surface area contributed by atoms with Crippen LogP contribution in [0.3, 0.4) is 0 Å². The van der Waals surface area contributed by atoms with Crippen molar-refractivity contribution in [1.82, 2.24) is 4.90 Å². The first-order valence-electron chi connectivity index (χ1n) is 4.66. The first kappa shape index (κ1) is 12.8. The van der Waals surface area contributed by atoms with Crippen molar-refractivity contribution in [3.8, 4) is 0 Å². The second-order valence-corrected chi connectivity index (χ2v) is 3.92. The number of aliphatic hydroxyl groups excluding tert-OH is 1. The summed E-state index contributed by atoms with van der Waals surface area (Å²) in [5, 5.41) is 9.10. The van der Waals surface area contributed by atoms with Gasteiger partial charge in [-0.05, 0) is 26.8 Å². The summed E-state index contributed by atoms with van der Waals surface area (Å²) in [6.07, 6.45) is 1.42.